The molecule has 0 radical (unpaired) electrons. The van der Waals surface area contributed by atoms with Gasteiger partial charge < -0.3 is 15.8 Å². The molecule has 6 nitrogen and oxygen atoms in total. The summed E-state index contributed by atoms with van der Waals surface area (Å²) in [5.41, 5.74) is 2.95. The number of nitrogen functional groups attached to an aromatic ring is 1. The van der Waals surface area contributed by atoms with Crippen molar-refractivity contribution in [3.05, 3.63) is 11.9 Å². The molecule has 108 valence electrons. The highest BCUT2D eigenvalue weighted by Gasteiger charge is 2.38. The van der Waals surface area contributed by atoms with E-state index in [4.69, 9.17) is 10.9 Å². The summed E-state index contributed by atoms with van der Waals surface area (Å²) < 4.78 is 36.6. The van der Waals surface area contributed by atoms with Gasteiger partial charge in [-0.25, -0.2) is 15.8 Å². The van der Waals surface area contributed by atoms with Gasteiger partial charge in [0.1, 0.15) is 18.0 Å². The standard InChI is InChI=1S/C10H16F3N5O/c1-2-3-6-8(16-5-17-9(6)18-14)15-4-7(19)10(11,12)13/h5,7,19H,2-4,14H2,1H3,(H2,15,16,17,18). The maximum atomic E-state index is 12.2. The van der Waals surface area contributed by atoms with Crippen molar-refractivity contribution < 1.29 is 18.3 Å². The van der Waals surface area contributed by atoms with Crippen molar-refractivity contribution in [2.45, 2.75) is 32.0 Å². The fourth-order valence-corrected chi connectivity index (χ4v) is 1.48. The fourth-order valence-electron chi connectivity index (χ4n) is 1.48. The molecular weight excluding hydrogens is 263 g/mol. The Morgan fingerprint density at radius 1 is 1.37 bits per heavy atom. The summed E-state index contributed by atoms with van der Waals surface area (Å²) >= 11 is 0. The molecule has 0 aliphatic heterocycles. The normalized spacial score (nSPS) is 13.2. The van der Waals surface area contributed by atoms with E-state index in [1.54, 1.807) is 0 Å². The van der Waals surface area contributed by atoms with Crippen LogP contribution < -0.4 is 16.6 Å². The predicted octanol–water partition coefficient (Wildman–Crippen LogP) is 1.05. The summed E-state index contributed by atoms with van der Waals surface area (Å²) in [4.78, 5) is 7.74. The van der Waals surface area contributed by atoms with Crippen LogP contribution in [0.5, 0.6) is 0 Å². The quantitative estimate of drug-likeness (QED) is 0.459. The molecule has 0 fully saturated rings. The van der Waals surface area contributed by atoms with Crippen molar-refractivity contribution >= 4 is 11.6 Å². The summed E-state index contributed by atoms with van der Waals surface area (Å²) in [6.45, 7) is 1.23. The highest BCUT2D eigenvalue weighted by atomic mass is 19.4. The third kappa shape index (κ3) is 4.21. The van der Waals surface area contributed by atoms with Gasteiger partial charge in [0.15, 0.2) is 6.10 Å². The Morgan fingerprint density at radius 2 is 2.00 bits per heavy atom. The molecule has 19 heavy (non-hydrogen) atoms. The Bertz CT molecular complexity index is 413. The van der Waals surface area contributed by atoms with Crippen LogP contribution in [0.15, 0.2) is 6.33 Å². The van der Waals surface area contributed by atoms with E-state index in [0.717, 1.165) is 6.42 Å². The fraction of sp³-hybridized carbons (Fsp3) is 0.600. The van der Waals surface area contributed by atoms with Gasteiger partial charge in [-0.1, -0.05) is 13.3 Å². The average molecular weight is 279 g/mol. The van der Waals surface area contributed by atoms with Gasteiger partial charge in [-0.15, -0.1) is 0 Å². The molecule has 1 atom stereocenters. The molecule has 5 N–H and O–H groups in total. The van der Waals surface area contributed by atoms with E-state index in [0.29, 0.717) is 17.8 Å². The minimum absolute atomic E-state index is 0.230. The van der Waals surface area contributed by atoms with Crippen molar-refractivity contribution in [1.82, 2.24) is 9.97 Å². The number of alkyl halides is 3. The maximum Gasteiger partial charge on any atom is 0.416 e. The van der Waals surface area contributed by atoms with Crippen LogP contribution in [0.25, 0.3) is 0 Å². The number of nitrogens with two attached hydrogens (primary N) is 1. The number of aliphatic hydroxyl groups is 1. The van der Waals surface area contributed by atoms with Gasteiger partial charge in [0, 0.05) is 5.56 Å². The molecule has 1 unspecified atom stereocenters. The third-order valence-corrected chi connectivity index (χ3v) is 2.42. The Balaban J connectivity index is 2.83. The van der Waals surface area contributed by atoms with E-state index >= 15 is 0 Å². The highest BCUT2D eigenvalue weighted by Crippen LogP contribution is 2.23. The first-order valence-electron chi connectivity index (χ1n) is 5.69. The largest absolute Gasteiger partial charge is 0.416 e. The van der Waals surface area contributed by atoms with Gasteiger partial charge in [-0.3, -0.25) is 0 Å². The van der Waals surface area contributed by atoms with Gasteiger partial charge in [0.25, 0.3) is 0 Å². The molecular formula is C10H16F3N5O. The SMILES string of the molecule is CCCc1c(NN)ncnc1NCC(O)C(F)(F)F. The summed E-state index contributed by atoms with van der Waals surface area (Å²) in [6, 6.07) is 0. The number of rotatable bonds is 6. The van der Waals surface area contributed by atoms with Crippen LogP contribution in [-0.4, -0.2) is 33.9 Å². The molecule has 0 saturated carbocycles. The van der Waals surface area contributed by atoms with Crippen LogP contribution in [0, 0.1) is 0 Å². The number of halogens is 3. The van der Waals surface area contributed by atoms with E-state index in [9.17, 15) is 13.2 Å². The zero-order chi connectivity index (χ0) is 14.5. The van der Waals surface area contributed by atoms with Crippen molar-refractivity contribution in [2.75, 3.05) is 17.3 Å². The molecule has 0 spiro atoms. The van der Waals surface area contributed by atoms with E-state index < -0.39 is 18.8 Å². The van der Waals surface area contributed by atoms with Crippen LogP contribution in [0.1, 0.15) is 18.9 Å². The zero-order valence-electron chi connectivity index (χ0n) is 10.3. The number of nitrogens with one attached hydrogen (secondary N) is 2. The number of aliphatic hydroxyl groups excluding tert-OH is 1. The minimum atomic E-state index is -4.67. The minimum Gasteiger partial charge on any atom is -0.382 e. The first kappa shape index (κ1) is 15.4. The highest BCUT2D eigenvalue weighted by molar-refractivity contribution is 5.56. The second kappa shape index (κ2) is 6.53. The van der Waals surface area contributed by atoms with Crippen LogP contribution in [0.2, 0.25) is 0 Å². The lowest BCUT2D eigenvalue weighted by Crippen LogP contribution is -2.35. The molecule has 0 bridgehead atoms. The lowest BCUT2D eigenvalue weighted by Gasteiger charge is -2.17. The van der Waals surface area contributed by atoms with Crippen molar-refractivity contribution in [3.63, 3.8) is 0 Å². The summed E-state index contributed by atoms with van der Waals surface area (Å²) in [5.74, 6) is 5.86. The van der Waals surface area contributed by atoms with Gasteiger partial charge in [0.2, 0.25) is 0 Å². The van der Waals surface area contributed by atoms with Crippen LogP contribution >= 0.6 is 0 Å². The molecule has 0 saturated heterocycles. The van der Waals surface area contributed by atoms with Gasteiger partial charge >= 0.3 is 6.18 Å². The maximum absolute atomic E-state index is 12.2. The lowest BCUT2D eigenvalue weighted by atomic mass is 10.1. The molecule has 1 aromatic heterocycles. The number of anilines is 2. The predicted molar refractivity (Wildman–Crippen MR) is 64.4 cm³/mol. The van der Waals surface area contributed by atoms with E-state index in [1.807, 2.05) is 6.92 Å². The Hall–Kier alpha value is -1.61. The van der Waals surface area contributed by atoms with E-state index in [-0.39, 0.29) is 5.82 Å². The molecule has 1 rings (SSSR count). The van der Waals surface area contributed by atoms with Gasteiger partial charge in [0.05, 0.1) is 6.54 Å². The summed E-state index contributed by atoms with van der Waals surface area (Å²) in [5, 5.41) is 11.4. The molecule has 0 aliphatic carbocycles. The first-order chi connectivity index (χ1) is 8.90. The molecule has 0 aliphatic rings. The van der Waals surface area contributed by atoms with Crippen LogP contribution in [0.4, 0.5) is 24.8 Å². The van der Waals surface area contributed by atoms with Gasteiger partial charge in [-0.2, -0.15) is 13.2 Å². The second-order valence-electron chi connectivity index (χ2n) is 3.88. The zero-order valence-corrected chi connectivity index (χ0v) is 10.3. The molecule has 0 aromatic carbocycles. The lowest BCUT2D eigenvalue weighted by molar-refractivity contribution is -0.198. The average Bonchev–Trinajstić information content (AvgIpc) is 2.36. The van der Waals surface area contributed by atoms with Crippen LogP contribution in [-0.2, 0) is 6.42 Å². The monoisotopic (exact) mass is 279 g/mol. The second-order valence-corrected chi connectivity index (χ2v) is 3.88. The molecule has 1 aromatic rings. The van der Waals surface area contributed by atoms with Crippen molar-refractivity contribution in [1.29, 1.82) is 0 Å². The first-order valence-corrected chi connectivity index (χ1v) is 5.69. The van der Waals surface area contributed by atoms with E-state index in [2.05, 4.69) is 20.7 Å². The Labute approximate surface area is 108 Å². The summed E-state index contributed by atoms with van der Waals surface area (Å²) in [6.07, 6.45) is -4.65. The van der Waals surface area contributed by atoms with Crippen molar-refractivity contribution in [3.8, 4) is 0 Å². The van der Waals surface area contributed by atoms with Gasteiger partial charge in [-0.05, 0) is 6.42 Å². The third-order valence-electron chi connectivity index (χ3n) is 2.42. The summed E-state index contributed by atoms with van der Waals surface area (Å²) in [7, 11) is 0. The number of aromatic nitrogens is 2. The molecule has 0 amide bonds. The van der Waals surface area contributed by atoms with E-state index in [1.165, 1.54) is 6.33 Å². The van der Waals surface area contributed by atoms with Crippen molar-refractivity contribution in [2.24, 2.45) is 5.84 Å². The Kier molecular flexibility index (Phi) is 5.31. The molecule has 9 heteroatoms. The number of hydrazine groups is 1. The smallest absolute Gasteiger partial charge is 0.382 e. The number of hydrogen-bond acceptors (Lipinski definition) is 6. The Morgan fingerprint density at radius 3 is 2.53 bits per heavy atom. The molecule has 1 heterocycles. The van der Waals surface area contributed by atoms with Crippen LogP contribution in [0.3, 0.4) is 0 Å². The number of hydrogen-bond donors (Lipinski definition) is 4. The number of nitrogens with zero attached hydrogens (tertiary/aromatic N) is 2. The topological polar surface area (TPSA) is 96.1 Å².